The van der Waals surface area contributed by atoms with Crippen LogP contribution in [0.1, 0.15) is 6.42 Å². The molecular formula is C16H18N2O8S. The monoisotopic (exact) mass is 398 g/mol. The Morgan fingerprint density at radius 1 is 1.26 bits per heavy atom. The Bertz CT molecular complexity index is 886. The van der Waals surface area contributed by atoms with Crippen molar-refractivity contribution in [2.75, 3.05) is 41.9 Å². The smallest absolute Gasteiger partial charge is 0.415 e. The van der Waals surface area contributed by atoms with Crippen molar-refractivity contribution in [1.29, 1.82) is 0 Å². The van der Waals surface area contributed by atoms with E-state index in [1.807, 2.05) is 0 Å². The van der Waals surface area contributed by atoms with E-state index in [0.717, 1.165) is 0 Å². The van der Waals surface area contributed by atoms with Gasteiger partial charge in [0.1, 0.15) is 31.1 Å². The fraction of sp³-hybridized carbons (Fsp3) is 0.500. The summed E-state index contributed by atoms with van der Waals surface area (Å²) in [5.41, 5.74) is 1.14. The average Bonchev–Trinajstić information content (AvgIpc) is 2.96. The summed E-state index contributed by atoms with van der Waals surface area (Å²) in [6.07, 6.45) is -1.32. The van der Waals surface area contributed by atoms with E-state index >= 15 is 0 Å². The number of nitrogens with zero attached hydrogens (tertiary/aromatic N) is 2. The van der Waals surface area contributed by atoms with Gasteiger partial charge >= 0.3 is 6.09 Å². The van der Waals surface area contributed by atoms with Crippen LogP contribution in [0.3, 0.4) is 0 Å². The molecule has 2 saturated heterocycles. The van der Waals surface area contributed by atoms with Crippen LogP contribution in [0.4, 0.5) is 16.2 Å². The van der Waals surface area contributed by atoms with Crippen molar-refractivity contribution in [3.05, 3.63) is 18.2 Å². The van der Waals surface area contributed by atoms with Crippen molar-refractivity contribution < 1.29 is 36.8 Å². The van der Waals surface area contributed by atoms with E-state index in [1.165, 1.54) is 4.90 Å². The van der Waals surface area contributed by atoms with Crippen LogP contribution < -0.4 is 14.5 Å². The summed E-state index contributed by atoms with van der Waals surface area (Å²) >= 11 is 0. The first-order valence-electron chi connectivity index (χ1n) is 8.43. The van der Waals surface area contributed by atoms with E-state index in [4.69, 9.17) is 18.8 Å². The molecule has 2 atom stereocenters. The summed E-state index contributed by atoms with van der Waals surface area (Å²) in [6, 6.07) is 4.59. The molecule has 2 fully saturated rings. The first-order valence-corrected chi connectivity index (χ1v) is 10.0. The lowest BCUT2D eigenvalue weighted by molar-refractivity contribution is -0.125. The van der Waals surface area contributed by atoms with Gasteiger partial charge in [0.2, 0.25) is 0 Å². The number of anilines is 2. The maximum absolute atomic E-state index is 12.3. The van der Waals surface area contributed by atoms with Gasteiger partial charge in [-0.05, 0) is 12.1 Å². The molecule has 27 heavy (non-hydrogen) atoms. The number of morpholine rings is 1. The number of ether oxygens (including phenoxy) is 3. The SMILES string of the molecule is O=C1COCCN1c1ccc2c(c1)OC[C@@H]1[C@@H](CCS(=O)(=O)O)OC(=O)N21. The van der Waals surface area contributed by atoms with Gasteiger partial charge in [0.15, 0.2) is 0 Å². The van der Waals surface area contributed by atoms with Gasteiger partial charge in [-0.1, -0.05) is 0 Å². The molecule has 0 saturated carbocycles. The summed E-state index contributed by atoms with van der Waals surface area (Å²) in [6.45, 7) is 1.02. The largest absolute Gasteiger partial charge is 0.489 e. The second-order valence-corrected chi connectivity index (χ2v) is 8.07. The summed E-state index contributed by atoms with van der Waals surface area (Å²) in [4.78, 5) is 27.3. The molecule has 4 rings (SSSR count). The van der Waals surface area contributed by atoms with Crippen molar-refractivity contribution in [2.45, 2.75) is 18.6 Å². The summed E-state index contributed by atoms with van der Waals surface area (Å²) in [7, 11) is -4.15. The molecule has 11 heteroatoms. The zero-order valence-corrected chi connectivity index (χ0v) is 15.1. The van der Waals surface area contributed by atoms with E-state index in [-0.39, 0.29) is 25.5 Å². The molecule has 146 valence electrons. The molecule has 0 radical (unpaired) electrons. The third-order valence-corrected chi connectivity index (χ3v) is 5.53. The number of fused-ring (bicyclic) bond motifs is 3. The van der Waals surface area contributed by atoms with Crippen LogP contribution in [-0.4, -0.2) is 69.2 Å². The molecule has 3 aliphatic heterocycles. The summed E-state index contributed by atoms with van der Waals surface area (Å²) in [5.74, 6) is -0.212. The highest BCUT2D eigenvalue weighted by Crippen LogP contribution is 2.41. The van der Waals surface area contributed by atoms with Crippen molar-refractivity contribution in [1.82, 2.24) is 0 Å². The van der Waals surface area contributed by atoms with Crippen molar-refractivity contribution in [2.24, 2.45) is 0 Å². The number of hydrogen-bond donors (Lipinski definition) is 1. The van der Waals surface area contributed by atoms with Gasteiger partial charge in [-0.25, -0.2) is 4.79 Å². The van der Waals surface area contributed by atoms with Gasteiger partial charge < -0.3 is 19.1 Å². The molecule has 0 aromatic heterocycles. The summed E-state index contributed by atoms with van der Waals surface area (Å²) < 4.78 is 47.0. The molecule has 0 aliphatic carbocycles. The van der Waals surface area contributed by atoms with Crippen molar-refractivity contribution >= 4 is 33.5 Å². The molecule has 1 aromatic rings. The molecule has 2 amide bonds. The van der Waals surface area contributed by atoms with Gasteiger partial charge in [-0.2, -0.15) is 8.42 Å². The minimum absolute atomic E-state index is 0.0217. The van der Waals surface area contributed by atoms with Crippen LogP contribution in [0.15, 0.2) is 18.2 Å². The normalized spacial score (nSPS) is 24.9. The van der Waals surface area contributed by atoms with E-state index in [2.05, 4.69) is 0 Å². The number of carbonyl (C=O) groups excluding carboxylic acids is 2. The molecule has 0 unspecified atom stereocenters. The summed E-state index contributed by atoms with van der Waals surface area (Å²) in [5, 5.41) is 0. The quantitative estimate of drug-likeness (QED) is 0.724. The molecule has 3 aliphatic rings. The Morgan fingerprint density at radius 2 is 2.07 bits per heavy atom. The number of hydrogen-bond acceptors (Lipinski definition) is 7. The zero-order chi connectivity index (χ0) is 19.2. The average molecular weight is 398 g/mol. The number of amides is 2. The van der Waals surface area contributed by atoms with Gasteiger partial charge in [-0.15, -0.1) is 0 Å². The first-order chi connectivity index (χ1) is 12.8. The fourth-order valence-electron chi connectivity index (χ4n) is 3.49. The standard InChI is InChI=1S/C16H18N2O8S/c19-15-9-24-5-4-17(15)10-1-2-11-14(7-10)25-8-12-13(3-6-27(21,22)23)26-16(20)18(11)12/h1-2,7,12-13H,3-6,8-9H2,(H,21,22,23)/t12-,13-/m1/s1. The Labute approximate surface area is 155 Å². The van der Waals surface area contributed by atoms with Crippen LogP contribution in [0, 0.1) is 0 Å². The second kappa shape index (κ2) is 6.66. The van der Waals surface area contributed by atoms with Crippen molar-refractivity contribution in [3.63, 3.8) is 0 Å². The molecule has 3 heterocycles. The van der Waals surface area contributed by atoms with Crippen LogP contribution in [-0.2, 0) is 24.4 Å². The molecule has 0 spiro atoms. The third kappa shape index (κ3) is 3.45. The molecule has 0 bridgehead atoms. The fourth-order valence-corrected chi connectivity index (χ4v) is 4.02. The number of benzene rings is 1. The lowest BCUT2D eigenvalue weighted by Gasteiger charge is -2.33. The van der Waals surface area contributed by atoms with E-state index < -0.39 is 34.1 Å². The maximum atomic E-state index is 12.3. The Hall–Kier alpha value is -2.37. The van der Waals surface area contributed by atoms with Gasteiger partial charge in [0.05, 0.1) is 18.0 Å². The number of cyclic esters (lactones) is 1. The lowest BCUT2D eigenvalue weighted by Crippen LogP contribution is -2.45. The molecule has 1 aromatic carbocycles. The van der Waals surface area contributed by atoms with Gasteiger partial charge in [-0.3, -0.25) is 14.2 Å². The topological polar surface area (TPSA) is 123 Å². The first kappa shape index (κ1) is 18.0. The van der Waals surface area contributed by atoms with Crippen LogP contribution in [0.5, 0.6) is 5.75 Å². The number of carbonyl (C=O) groups is 2. The van der Waals surface area contributed by atoms with Crippen LogP contribution in [0.25, 0.3) is 0 Å². The van der Waals surface area contributed by atoms with E-state index in [1.54, 1.807) is 23.1 Å². The Kier molecular flexibility index (Phi) is 4.44. The minimum Gasteiger partial charge on any atom is -0.489 e. The van der Waals surface area contributed by atoms with Crippen LogP contribution >= 0.6 is 0 Å². The van der Waals surface area contributed by atoms with Crippen LogP contribution in [0.2, 0.25) is 0 Å². The highest BCUT2D eigenvalue weighted by Gasteiger charge is 2.46. The van der Waals surface area contributed by atoms with E-state index in [0.29, 0.717) is 30.3 Å². The lowest BCUT2D eigenvalue weighted by atomic mass is 10.1. The zero-order valence-electron chi connectivity index (χ0n) is 14.2. The maximum Gasteiger partial charge on any atom is 0.415 e. The second-order valence-electron chi connectivity index (χ2n) is 6.50. The predicted molar refractivity (Wildman–Crippen MR) is 92.7 cm³/mol. The Balaban J connectivity index is 1.57. The highest BCUT2D eigenvalue weighted by atomic mass is 32.2. The molecule has 1 N–H and O–H groups in total. The molecule has 10 nitrogen and oxygen atoms in total. The minimum atomic E-state index is -4.15. The molecular weight excluding hydrogens is 380 g/mol. The third-order valence-electron chi connectivity index (χ3n) is 4.78. The number of rotatable bonds is 4. The predicted octanol–water partition coefficient (Wildman–Crippen LogP) is 0.414. The van der Waals surface area contributed by atoms with E-state index in [9.17, 15) is 18.0 Å². The van der Waals surface area contributed by atoms with Gasteiger partial charge in [0.25, 0.3) is 16.0 Å². The van der Waals surface area contributed by atoms with Crippen molar-refractivity contribution in [3.8, 4) is 5.75 Å². The highest BCUT2D eigenvalue weighted by molar-refractivity contribution is 7.85. The van der Waals surface area contributed by atoms with Gasteiger partial charge in [0, 0.05) is 24.7 Å². The Morgan fingerprint density at radius 3 is 2.81 bits per heavy atom.